The van der Waals surface area contributed by atoms with E-state index in [9.17, 15) is 16.8 Å². The second kappa shape index (κ2) is 6.82. The number of fused-ring (bicyclic) bond motifs is 1. The molecule has 3 rings (SSSR count). The van der Waals surface area contributed by atoms with E-state index in [1.807, 2.05) is 6.92 Å². The van der Waals surface area contributed by atoms with Crippen molar-refractivity contribution >= 4 is 31.1 Å². The van der Waals surface area contributed by atoms with Crippen molar-refractivity contribution in [3.63, 3.8) is 0 Å². The van der Waals surface area contributed by atoms with Crippen LogP contribution in [-0.4, -0.2) is 31.8 Å². The zero-order chi connectivity index (χ0) is 18.9. The summed E-state index contributed by atoms with van der Waals surface area (Å²) in [5.74, 6) is 0. The first-order valence-corrected chi connectivity index (χ1v) is 11.0. The van der Waals surface area contributed by atoms with E-state index in [1.54, 1.807) is 31.2 Å². The van der Waals surface area contributed by atoms with Gasteiger partial charge < -0.3 is 0 Å². The monoisotopic (exact) mass is 393 g/mol. The Kier molecular flexibility index (Phi) is 4.87. The number of para-hydroxylation sites is 2. The number of nitrogens with zero attached hydrogens (tertiary/aromatic N) is 2. The predicted molar refractivity (Wildman–Crippen MR) is 98.8 cm³/mol. The maximum atomic E-state index is 12.9. The Labute approximate surface area is 152 Å². The fourth-order valence-corrected chi connectivity index (χ4v) is 5.07. The van der Waals surface area contributed by atoms with Crippen molar-refractivity contribution in [2.75, 3.05) is 0 Å². The highest BCUT2D eigenvalue weighted by Gasteiger charge is 2.22. The minimum Gasteiger partial charge on any atom is -0.236 e. The van der Waals surface area contributed by atoms with Gasteiger partial charge in [0.1, 0.15) is 6.33 Å². The highest BCUT2D eigenvalue weighted by Crippen LogP contribution is 2.21. The van der Waals surface area contributed by atoms with E-state index in [0.29, 0.717) is 17.5 Å². The number of sulfonamides is 1. The topological polar surface area (TPSA) is 98.1 Å². The number of benzene rings is 2. The molecule has 1 N–H and O–H groups in total. The van der Waals surface area contributed by atoms with Gasteiger partial charge in [-0.3, -0.25) is 0 Å². The van der Waals surface area contributed by atoms with E-state index in [0.717, 1.165) is 3.97 Å². The van der Waals surface area contributed by atoms with Gasteiger partial charge in [0.15, 0.2) is 0 Å². The molecule has 26 heavy (non-hydrogen) atoms. The molecule has 0 unspecified atom stereocenters. The van der Waals surface area contributed by atoms with Gasteiger partial charge >= 0.3 is 0 Å². The lowest BCUT2D eigenvalue weighted by molar-refractivity contribution is 0.555. The summed E-state index contributed by atoms with van der Waals surface area (Å²) >= 11 is 0. The third-order valence-corrected chi connectivity index (χ3v) is 7.36. The number of aromatic nitrogens is 2. The minimum atomic E-state index is -3.87. The van der Waals surface area contributed by atoms with Gasteiger partial charge in [-0.2, -0.15) is 0 Å². The molecule has 1 atom stereocenters. The van der Waals surface area contributed by atoms with Crippen molar-refractivity contribution < 1.29 is 16.8 Å². The van der Waals surface area contributed by atoms with Gasteiger partial charge in [-0.1, -0.05) is 19.1 Å². The summed E-state index contributed by atoms with van der Waals surface area (Å²) in [6.45, 7) is 3.64. The molecule has 0 aliphatic heterocycles. The fraction of sp³-hybridized carbons (Fsp3) is 0.235. The van der Waals surface area contributed by atoms with Crippen LogP contribution in [0, 0.1) is 0 Å². The lowest BCUT2D eigenvalue weighted by Gasteiger charge is -2.12. The van der Waals surface area contributed by atoms with Gasteiger partial charge in [-0.05, 0) is 49.7 Å². The minimum absolute atomic E-state index is 0.0110. The molecule has 9 heteroatoms. The summed E-state index contributed by atoms with van der Waals surface area (Å²) < 4.78 is 53.9. The van der Waals surface area contributed by atoms with E-state index >= 15 is 0 Å². The van der Waals surface area contributed by atoms with Gasteiger partial charge in [0.25, 0.3) is 10.0 Å². The van der Waals surface area contributed by atoms with Crippen molar-refractivity contribution in [3.05, 3.63) is 54.9 Å². The highest BCUT2D eigenvalue weighted by atomic mass is 32.2. The summed E-state index contributed by atoms with van der Waals surface area (Å²) in [6.07, 6.45) is 1.90. The van der Waals surface area contributed by atoms with E-state index < -0.39 is 20.0 Å². The predicted octanol–water partition coefficient (Wildman–Crippen LogP) is 2.35. The van der Waals surface area contributed by atoms with Crippen LogP contribution in [0.15, 0.2) is 64.6 Å². The van der Waals surface area contributed by atoms with Crippen LogP contribution in [0.3, 0.4) is 0 Å². The quantitative estimate of drug-likeness (QED) is 0.693. The Hall–Kier alpha value is -2.23. The van der Waals surface area contributed by atoms with Crippen molar-refractivity contribution in [3.8, 4) is 0 Å². The molecule has 138 valence electrons. The van der Waals surface area contributed by atoms with E-state index in [2.05, 4.69) is 9.71 Å². The molecule has 7 nitrogen and oxygen atoms in total. The first kappa shape index (κ1) is 18.6. The average molecular weight is 393 g/mol. The zero-order valence-corrected chi connectivity index (χ0v) is 16.0. The summed E-state index contributed by atoms with van der Waals surface area (Å²) in [4.78, 5) is 4.10. The number of nitrogens with one attached hydrogen (secondary N) is 1. The van der Waals surface area contributed by atoms with E-state index in [-0.39, 0.29) is 15.8 Å². The van der Waals surface area contributed by atoms with Gasteiger partial charge in [-0.25, -0.2) is 30.5 Å². The van der Waals surface area contributed by atoms with Gasteiger partial charge in [0, 0.05) is 6.04 Å². The first-order chi connectivity index (χ1) is 12.3. The molecule has 0 aliphatic carbocycles. The molecule has 0 amide bonds. The number of imidazole rings is 1. The van der Waals surface area contributed by atoms with Crippen LogP contribution in [0.4, 0.5) is 0 Å². The maximum absolute atomic E-state index is 12.9. The normalized spacial score (nSPS) is 13.8. The van der Waals surface area contributed by atoms with E-state index in [1.165, 1.54) is 30.6 Å². The van der Waals surface area contributed by atoms with Crippen LogP contribution < -0.4 is 4.72 Å². The van der Waals surface area contributed by atoms with Crippen molar-refractivity contribution in [2.24, 2.45) is 0 Å². The van der Waals surface area contributed by atoms with Crippen LogP contribution in [0.5, 0.6) is 0 Å². The average Bonchev–Trinajstić information content (AvgIpc) is 3.06. The van der Waals surface area contributed by atoms with Crippen LogP contribution >= 0.6 is 0 Å². The molecule has 0 spiro atoms. The van der Waals surface area contributed by atoms with Crippen LogP contribution in [0.1, 0.15) is 20.3 Å². The molecule has 0 saturated carbocycles. The second-order valence-corrected chi connectivity index (χ2v) is 9.47. The SMILES string of the molecule is CC[C@H](C)NS(=O)(=O)c1ccc(S(=O)(=O)n2cnc3ccccc32)cc1. The summed E-state index contributed by atoms with van der Waals surface area (Å²) in [5, 5.41) is 0. The standard InChI is InChI=1S/C17H19N3O4S2/c1-3-13(2)19-25(21,22)14-8-10-15(11-9-14)26(23,24)20-12-18-16-6-4-5-7-17(16)20/h4-13,19H,3H2,1-2H3/t13-/m0/s1. The molecule has 0 radical (unpaired) electrons. The van der Waals surface area contributed by atoms with Crippen molar-refractivity contribution in [1.29, 1.82) is 0 Å². The summed E-state index contributed by atoms with van der Waals surface area (Å²) in [7, 11) is -7.56. The Morgan fingerprint density at radius 3 is 2.27 bits per heavy atom. The molecular weight excluding hydrogens is 374 g/mol. The molecular formula is C17H19N3O4S2. The Bertz CT molecular complexity index is 1130. The van der Waals surface area contributed by atoms with Crippen LogP contribution in [0.2, 0.25) is 0 Å². The summed E-state index contributed by atoms with van der Waals surface area (Å²) in [6, 6.07) is 11.8. The fourth-order valence-electron chi connectivity index (χ4n) is 2.45. The molecule has 0 saturated heterocycles. The molecule has 0 bridgehead atoms. The smallest absolute Gasteiger partial charge is 0.236 e. The van der Waals surface area contributed by atoms with Gasteiger partial charge in [0.2, 0.25) is 10.0 Å². The second-order valence-electron chi connectivity index (χ2n) is 5.94. The Morgan fingerprint density at radius 2 is 1.62 bits per heavy atom. The lowest BCUT2D eigenvalue weighted by atomic mass is 10.3. The first-order valence-electron chi connectivity index (χ1n) is 8.06. The number of hydrogen-bond acceptors (Lipinski definition) is 5. The van der Waals surface area contributed by atoms with E-state index in [4.69, 9.17) is 0 Å². The molecule has 0 fully saturated rings. The molecule has 2 aromatic carbocycles. The van der Waals surface area contributed by atoms with Crippen molar-refractivity contribution in [1.82, 2.24) is 13.7 Å². The van der Waals surface area contributed by atoms with Crippen LogP contribution in [-0.2, 0) is 20.0 Å². The number of rotatable bonds is 6. The molecule has 3 aromatic rings. The molecule has 0 aliphatic rings. The highest BCUT2D eigenvalue weighted by molar-refractivity contribution is 7.90. The van der Waals surface area contributed by atoms with Gasteiger partial charge in [0.05, 0.1) is 20.8 Å². The van der Waals surface area contributed by atoms with Crippen LogP contribution in [0.25, 0.3) is 11.0 Å². The van der Waals surface area contributed by atoms with Gasteiger partial charge in [-0.15, -0.1) is 0 Å². The summed E-state index contributed by atoms with van der Waals surface area (Å²) in [5.41, 5.74) is 1.02. The number of hydrogen-bond donors (Lipinski definition) is 1. The third-order valence-electron chi connectivity index (χ3n) is 4.08. The van der Waals surface area contributed by atoms with Crippen molar-refractivity contribution in [2.45, 2.75) is 36.1 Å². The third kappa shape index (κ3) is 3.37. The zero-order valence-electron chi connectivity index (χ0n) is 14.3. The maximum Gasteiger partial charge on any atom is 0.269 e. The Morgan fingerprint density at radius 1 is 1.00 bits per heavy atom. The lowest BCUT2D eigenvalue weighted by Crippen LogP contribution is -2.32. The Balaban J connectivity index is 1.98. The largest absolute Gasteiger partial charge is 0.269 e. The molecule has 1 heterocycles. The molecule has 1 aromatic heterocycles.